The molecule has 0 aliphatic carbocycles. The third kappa shape index (κ3) is 4.90. The number of hydrogen-bond acceptors (Lipinski definition) is 8. The number of carbonyl (C=O) groups is 3. The topological polar surface area (TPSA) is 123 Å². The quantitative estimate of drug-likeness (QED) is 0.202. The Labute approximate surface area is 219 Å². The smallest absolute Gasteiger partial charge is 0.338 e. The molecule has 0 spiro atoms. The first-order chi connectivity index (χ1) is 18.2. The van der Waals surface area contributed by atoms with Gasteiger partial charge in [0.15, 0.2) is 0 Å². The lowest BCUT2D eigenvalue weighted by Gasteiger charge is -2.25. The molecule has 1 fully saturated rings. The number of benzene rings is 3. The highest BCUT2D eigenvalue weighted by molar-refractivity contribution is 6.51. The Morgan fingerprint density at radius 2 is 1.58 bits per heavy atom. The summed E-state index contributed by atoms with van der Waals surface area (Å²) >= 11 is 0. The molecule has 3 aromatic rings. The Bertz CT molecular complexity index is 1410. The van der Waals surface area contributed by atoms with E-state index in [9.17, 15) is 24.6 Å². The van der Waals surface area contributed by atoms with Gasteiger partial charge in [0.2, 0.25) is 0 Å². The lowest BCUT2D eigenvalue weighted by molar-refractivity contribution is -0.132. The van der Waals surface area contributed by atoms with Crippen LogP contribution in [0.1, 0.15) is 41.4 Å². The van der Waals surface area contributed by atoms with Gasteiger partial charge in [0.1, 0.15) is 23.0 Å². The van der Waals surface area contributed by atoms with Gasteiger partial charge in [0.25, 0.3) is 11.7 Å². The average Bonchev–Trinajstić information content (AvgIpc) is 3.18. The molecule has 0 aromatic heterocycles. The molecule has 1 heterocycles. The van der Waals surface area contributed by atoms with Crippen molar-refractivity contribution >= 4 is 29.1 Å². The van der Waals surface area contributed by atoms with Crippen LogP contribution in [0.15, 0.2) is 72.3 Å². The van der Waals surface area contributed by atoms with E-state index >= 15 is 0 Å². The molecule has 0 saturated carbocycles. The second-order valence-corrected chi connectivity index (χ2v) is 8.83. The van der Waals surface area contributed by atoms with Crippen molar-refractivity contribution in [2.75, 3.05) is 19.1 Å². The average molecular weight is 518 g/mol. The largest absolute Gasteiger partial charge is 0.508 e. The van der Waals surface area contributed by atoms with Crippen molar-refractivity contribution < 1.29 is 38.8 Å². The number of esters is 1. The minimum atomic E-state index is -1.03. The number of aliphatic hydroxyl groups excluding tert-OH is 1. The first kappa shape index (κ1) is 26.3. The number of phenolic OH excluding ortho intramolecular Hbond substituents is 1. The summed E-state index contributed by atoms with van der Waals surface area (Å²) < 4.78 is 15.8. The lowest BCUT2D eigenvalue weighted by atomic mass is 9.94. The predicted molar refractivity (Wildman–Crippen MR) is 139 cm³/mol. The molecule has 1 aliphatic rings. The Kier molecular flexibility index (Phi) is 7.38. The van der Waals surface area contributed by atoms with Crippen LogP contribution in [0.5, 0.6) is 17.2 Å². The first-order valence-corrected chi connectivity index (χ1v) is 11.8. The molecule has 1 aliphatic heterocycles. The Morgan fingerprint density at radius 1 is 0.921 bits per heavy atom. The molecule has 2 N–H and O–H groups in total. The molecule has 1 unspecified atom stereocenters. The summed E-state index contributed by atoms with van der Waals surface area (Å²) in [5.74, 6) is -2.00. The number of amides is 1. The van der Waals surface area contributed by atoms with Crippen molar-refractivity contribution in [1.29, 1.82) is 0 Å². The van der Waals surface area contributed by atoms with Gasteiger partial charge in [-0.25, -0.2) is 4.79 Å². The number of ketones is 1. The van der Waals surface area contributed by atoms with E-state index in [0.29, 0.717) is 17.0 Å². The number of Topliss-reactive ketones (excluding diaryl/α,β-unsaturated/α-hetero) is 1. The van der Waals surface area contributed by atoms with E-state index in [1.165, 1.54) is 61.6 Å². The molecule has 1 atom stereocenters. The van der Waals surface area contributed by atoms with Crippen molar-refractivity contribution in [1.82, 2.24) is 0 Å². The van der Waals surface area contributed by atoms with Crippen LogP contribution in [0.2, 0.25) is 0 Å². The number of aromatic hydroxyl groups is 1. The van der Waals surface area contributed by atoms with Gasteiger partial charge < -0.3 is 24.4 Å². The fourth-order valence-electron chi connectivity index (χ4n) is 4.25. The van der Waals surface area contributed by atoms with Crippen LogP contribution in [-0.2, 0) is 14.3 Å². The van der Waals surface area contributed by atoms with Gasteiger partial charge in [-0.1, -0.05) is 12.1 Å². The van der Waals surface area contributed by atoms with E-state index in [1.807, 2.05) is 0 Å². The third-order valence-corrected chi connectivity index (χ3v) is 6.04. The minimum Gasteiger partial charge on any atom is -0.508 e. The van der Waals surface area contributed by atoms with Gasteiger partial charge >= 0.3 is 5.97 Å². The Balaban J connectivity index is 1.87. The first-order valence-electron chi connectivity index (χ1n) is 11.8. The van der Waals surface area contributed by atoms with Gasteiger partial charge in [-0.3, -0.25) is 14.5 Å². The molecule has 196 valence electrons. The highest BCUT2D eigenvalue weighted by Gasteiger charge is 2.47. The van der Waals surface area contributed by atoms with Gasteiger partial charge in [-0.15, -0.1) is 0 Å². The van der Waals surface area contributed by atoms with Crippen molar-refractivity contribution in [3.8, 4) is 17.2 Å². The Hall–Kier alpha value is -4.79. The molecule has 0 radical (unpaired) electrons. The zero-order valence-corrected chi connectivity index (χ0v) is 21.3. The molecule has 1 saturated heterocycles. The van der Waals surface area contributed by atoms with E-state index < -0.39 is 29.5 Å². The van der Waals surface area contributed by atoms with Crippen LogP contribution in [-0.4, -0.2) is 48.2 Å². The van der Waals surface area contributed by atoms with Gasteiger partial charge in [-0.05, 0) is 67.9 Å². The summed E-state index contributed by atoms with van der Waals surface area (Å²) in [6, 6.07) is 15.7. The van der Waals surface area contributed by atoms with Crippen LogP contribution in [0.25, 0.3) is 5.76 Å². The van der Waals surface area contributed by atoms with Gasteiger partial charge in [-0.2, -0.15) is 0 Å². The van der Waals surface area contributed by atoms with E-state index in [1.54, 1.807) is 38.1 Å². The molecule has 9 heteroatoms. The Morgan fingerprint density at radius 3 is 2.16 bits per heavy atom. The minimum absolute atomic E-state index is 0.00413. The van der Waals surface area contributed by atoms with E-state index in [4.69, 9.17) is 14.2 Å². The van der Waals surface area contributed by atoms with Gasteiger partial charge in [0, 0.05) is 11.8 Å². The number of aliphatic hydroxyl groups is 1. The van der Waals surface area contributed by atoms with Crippen molar-refractivity contribution in [3.05, 3.63) is 89.0 Å². The SMILES string of the molecule is COc1ccc(/C(O)=C2/C(=O)C(=O)N(c3ccc(C(=O)OC(C)C)cc3)C2c2ccc(O)cc2)c(OC)c1. The van der Waals surface area contributed by atoms with E-state index in [-0.39, 0.29) is 34.3 Å². The number of nitrogens with zero attached hydrogens (tertiary/aromatic N) is 1. The molecule has 0 bridgehead atoms. The zero-order valence-electron chi connectivity index (χ0n) is 21.3. The summed E-state index contributed by atoms with van der Waals surface area (Å²) in [5, 5.41) is 21.2. The number of carbonyl (C=O) groups excluding carboxylic acids is 3. The van der Waals surface area contributed by atoms with Crippen LogP contribution in [0.4, 0.5) is 5.69 Å². The predicted octanol–water partition coefficient (Wildman–Crippen LogP) is 4.60. The molecule has 9 nitrogen and oxygen atoms in total. The van der Waals surface area contributed by atoms with Crippen molar-refractivity contribution in [3.63, 3.8) is 0 Å². The van der Waals surface area contributed by atoms with Crippen LogP contribution in [0, 0.1) is 0 Å². The number of anilines is 1. The second kappa shape index (κ2) is 10.7. The second-order valence-electron chi connectivity index (χ2n) is 8.83. The number of phenols is 1. The summed E-state index contributed by atoms with van der Waals surface area (Å²) in [4.78, 5) is 40.3. The number of rotatable bonds is 7. The molecule has 1 amide bonds. The third-order valence-electron chi connectivity index (χ3n) is 6.04. The lowest BCUT2D eigenvalue weighted by Crippen LogP contribution is -2.29. The number of ether oxygens (including phenoxy) is 3. The van der Waals surface area contributed by atoms with Crippen LogP contribution in [0.3, 0.4) is 0 Å². The maximum absolute atomic E-state index is 13.4. The summed E-state index contributed by atoms with van der Waals surface area (Å²) in [6.45, 7) is 3.47. The van der Waals surface area contributed by atoms with Crippen LogP contribution >= 0.6 is 0 Å². The van der Waals surface area contributed by atoms with Crippen molar-refractivity contribution in [2.45, 2.75) is 26.0 Å². The standard InChI is InChI=1S/C29H27NO8/c1-16(2)38-29(35)18-5-9-19(10-6-18)30-25(17-7-11-20(31)12-8-17)24(27(33)28(30)34)26(32)22-14-13-21(36-3)15-23(22)37-4/h5-16,25,31-32H,1-4H3/b26-24-. The summed E-state index contributed by atoms with van der Waals surface area (Å²) in [6.07, 6.45) is -0.301. The molecule has 38 heavy (non-hydrogen) atoms. The summed E-state index contributed by atoms with van der Waals surface area (Å²) in [7, 11) is 2.89. The van der Waals surface area contributed by atoms with Crippen LogP contribution < -0.4 is 14.4 Å². The van der Waals surface area contributed by atoms with Crippen molar-refractivity contribution in [2.24, 2.45) is 0 Å². The summed E-state index contributed by atoms with van der Waals surface area (Å²) in [5.41, 5.74) is 1.11. The molecule has 4 rings (SSSR count). The number of methoxy groups -OCH3 is 2. The normalized spacial score (nSPS) is 16.6. The fourth-order valence-corrected chi connectivity index (χ4v) is 4.25. The maximum atomic E-state index is 13.4. The molecular formula is C29H27NO8. The zero-order chi connectivity index (χ0) is 27.6. The van der Waals surface area contributed by atoms with Gasteiger partial charge in [0.05, 0.1) is 43.1 Å². The monoisotopic (exact) mass is 517 g/mol. The molecule has 3 aromatic carbocycles. The fraction of sp³-hybridized carbons (Fsp3) is 0.207. The van der Waals surface area contributed by atoms with E-state index in [2.05, 4.69) is 0 Å². The molecular weight excluding hydrogens is 490 g/mol. The highest BCUT2D eigenvalue weighted by Crippen LogP contribution is 2.44. The number of hydrogen-bond donors (Lipinski definition) is 2. The van der Waals surface area contributed by atoms with E-state index in [0.717, 1.165) is 0 Å². The highest BCUT2D eigenvalue weighted by atomic mass is 16.5. The maximum Gasteiger partial charge on any atom is 0.338 e.